The molecule has 0 aliphatic carbocycles. The number of rotatable bonds is 18. The topological polar surface area (TPSA) is 28.2 Å². The van der Waals surface area contributed by atoms with E-state index in [-0.39, 0.29) is 0 Å². The first-order chi connectivity index (χ1) is 14.6. The lowest BCUT2D eigenvalue weighted by Gasteiger charge is -2.45. The Labute approximate surface area is 188 Å². The van der Waals surface area contributed by atoms with Crippen LogP contribution in [0.5, 0.6) is 0 Å². The summed E-state index contributed by atoms with van der Waals surface area (Å²) >= 11 is 0. The maximum atomic E-state index is 3.68. The first kappa shape index (κ1) is 27.8. The van der Waals surface area contributed by atoms with Crippen molar-refractivity contribution < 1.29 is 0 Å². The molecule has 30 heavy (non-hydrogen) atoms. The first-order valence-corrected chi connectivity index (χ1v) is 13.0. The van der Waals surface area contributed by atoms with E-state index in [1.54, 1.807) is 0 Å². The standard InChI is InChI=1S/C24H54N6/c1-7-26(8-2)17-13-16-24-29(20-14-18-27(9-3)10-4)22-25-23-30(24)21-15-19-28(11-5)12-6/h24-25H,7-23H2,1-6H3. The molecule has 0 aromatic carbocycles. The van der Waals surface area contributed by atoms with Crippen molar-refractivity contribution >= 4 is 0 Å². The summed E-state index contributed by atoms with van der Waals surface area (Å²) in [6, 6.07) is 0. The molecule has 6 heteroatoms. The van der Waals surface area contributed by atoms with Crippen molar-refractivity contribution in [2.75, 3.05) is 85.3 Å². The highest BCUT2D eigenvalue weighted by Crippen LogP contribution is 2.17. The molecule has 0 saturated carbocycles. The van der Waals surface area contributed by atoms with Gasteiger partial charge in [-0.1, -0.05) is 41.5 Å². The van der Waals surface area contributed by atoms with E-state index in [4.69, 9.17) is 0 Å². The average molecular weight is 427 g/mol. The van der Waals surface area contributed by atoms with Gasteiger partial charge in [0.15, 0.2) is 0 Å². The average Bonchev–Trinajstić information content (AvgIpc) is 2.78. The van der Waals surface area contributed by atoms with Crippen molar-refractivity contribution in [3.8, 4) is 0 Å². The van der Waals surface area contributed by atoms with Crippen LogP contribution in [0.4, 0.5) is 0 Å². The second-order valence-electron chi connectivity index (χ2n) is 8.60. The summed E-state index contributed by atoms with van der Waals surface area (Å²) in [5.74, 6) is 0. The smallest absolute Gasteiger partial charge is 0.0644 e. The van der Waals surface area contributed by atoms with Crippen LogP contribution in [0.3, 0.4) is 0 Å². The predicted molar refractivity (Wildman–Crippen MR) is 132 cm³/mol. The summed E-state index contributed by atoms with van der Waals surface area (Å²) in [6.45, 7) is 28.8. The molecule has 0 radical (unpaired) electrons. The van der Waals surface area contributed by atoms with Gasteiger partial charge < -0.3 is 14.7 Å². The zero-order chi connectivity index (χ0) is 22.2. The second kappa shape index (κ2) is 17.3. The highest BCUT2D eigenvalue weighted by atomic mass is 15.5. The summed E-state index contributed by atoms with van der Waals surface area (Å²) in [5.41, 5.74) is 0. The van der Waals surface area contributed by atoms with Crippen LogP contribution in [-0.2, 0) is 0 Å². The lowest BCUT2D eigenvalue weighted by Crippen LogP contribution is -2.60. The Balaban J connectivity index is 2.62. The van der Waals surface area contributed by atoms with E-state index >= 15 is 0 Å². The van der Waals surface area contributed by atoms with Crippen LogP contribution in [0.15, 0.2) is 0 Å². The fourth-order valence-electron chi connectivity index (χ4n) is 4.71. The minimum absolute atomic E-state index is 0.593. The van der Waals surface area contributed by atoms with E-state index in [9.17, 15) is 0 Å². The molecule has 1 aliphatic heterocycles. The van der Waals surface area contributed by atoms with E-state index in [0.29, 0.717) is 6.17 Å². The predicted octanol–water partition coefficient (Wildman–Crippen LogP) is 3.02. The summed E-state index contributed by atoms with van der Waals surface area (Å²) in [7, 11) is 0. The van der Waals surface area contributed by atoms with Crippen LogP contribution in [0.2, 0.25) is 0 Å². The van der Waals surface area contributed by atoms with Gasteiger partial charge in [0.2, 0.25) is 0 Å². The minimum Gasteiger partial charge on any atom is -0.304 e. The van der Waals surface area contributed by atoms with Crippen molar-refractivity contribution in [3.63, 3.8) is 0 Å². The van der Waals surface area contributed by atoms with Gasteiger partial charge in [0.1, 0.15) is 0 Å². The molecule has 0 spiro atoms. The Kier molecular flexibility index (Phi) is 16.1. The fourth-order valence-corrected chi connectivity index (χ4v) is 4.71. The van der Waals surface area contributed by atoms with Crippen LogP contribution >= 0.6 is 0 Å². The third-order valence-corrected chi connectivity index (χ3v) is 6.93. The normalized spacial score (nSPS) is 17.1. The van der Waals surface area contributed by atoms with E-state index in [2.05, 4.69) is 71.4 Å². The lowest BCUT2D eigenvalue weighted by molar-refractivity contribution is -0.0219. The van der Waals surface area contributed by atoms with Gasteiger partial charge in [-0.2, -0.15) is 0 Å². The molecular formula is C24H54N6. The highest BCUT2D eigenvalue weighted by molar-refractivity contribution is 4.78. The molecule has 0 unspecified atom stereocenters. The van der Waals surface area contributed by atoms with Crippen LogP contribution in [0, 0.1) is 0 Å². The Hall–Kier alpha value is -0.240. The molecule has 1 saturated heterocycles. The zero-order valence-corrected chi connectivity index (χ0v) is 21.3. The Morgan fingerprint density at radius 3 is 1.33 bits per heavy atom. The van der Waals surface area contributed by atoms with E-state index in [0.717, 1.165) is 13.3 Å². The quantitative estimate of drug-likeness (QED) is 0.362. The van der Waals surface area contributed by atoms with Gasteiger partial charge in [-0.25, -0.2) is 0 Å². The molecule has 1 N–H and O–H groups in total. The van der Waals surface area contributed by atoms with Gasteiger partial charge >= 0.3 is 0 Å². The molecule has 1 aliphatic rings. The molecule has 6 nitrogen and oxygen atoms in total. The third-order valence-electron chi connectivity index (χ3n) is 6.93. The van der Waals surface area contributed by atoms with Crippen LogP contribution in [0.25, 0.3) is 0 Å². The molecule has 0 amide bonds. The van der Waals surface area contributed by atoms with Gasteiger partial charge in [-0.3, -0.25) is 15.1 Å². The van der Waals surface area contributed by atoms with Crippen molar-refractivity contribution in [3.05, 3.63) is 0 Å². The summed E-state index contributed by atoms with van der Waals surface area (Å²) < 4.78 is 0. The fraction of sp³-hybridized carbons (Fsp3) is 1.00. The SMILES string of the molecule is CCN(CC)CCCC1N(CCCN(CC)CC)CNCN1CCCN(CC)CC. The van der Waals surface area contributed by atoms with Crippen LogP contribution in [-0.4, -0.2) is 116 Å². The molecule has 0 aromatic heterocycles. The Morgan fingerprint density at radius 1 is 0.600 bits per heavy atom. The molecule has 180 valence electrons. The number of nitrogens with zero attached hydrogens (tertiary/aromatic N) is 5. The zero-order valence-electron chi connectivity index (χ0n) is 21.3. The van der Waals surface area contributed by atoms with E-state index < -0.39 is 0 Å². The highest BCUT2D eigenvalue weighted by Gasteiger charge is 2.28. The van der Waals surface area contributed by atoms with Crippen LogP contribution < -0.4 is 5.32 Å². The molecule has 1 heterocycles. The minimum atomic E-state index is 0.593. The maximum absolute atomic E-state index is 3.68. The molecule has 1 fully saturated rings. The molecular weight excluding hydrogens is 372 g/mol. The first-order valence-electron chi connectivity index (χ1n) is 13.0. The molecule has 0 atom stereocenters. The summed E-state index contributed by atoms with van der Waals surface area (Å²) in [5, 5.41) is 3.68. The molecule has 0 aromatic rings. The largest absolute Gasteiger partial charge is 0.304 e. The second-order valence-corrected chi connectivity index (χ2v) is 8.60. The number of hydrogen-bond donors (Lipinski definition) is 1. The Morgan fingerprint density at radius 2 is 0.967 bits per heavy atom. The number of nitrogens with one attached hydrogen (secondary N) is 1. The Bertz CT molecular complexity index is 356. The van der Waals surface area contributed by atoms with Crippen molar-refractivity contribution in [2.24, 2.45) is 0 Å². The number of hydrogen-bond acceptors (Lipinski definition) is 6. The maximum Gasteiger partial charge on any atom is 0.0644 e. The van der Waals surface area contributed by atoms with Crippen molar-refractivity contribution in [1.29, 1.82) is 0 Å². The van der Waals surface area contributed by atoms with Crippen molar-refractivity contribution in [1.82, 2.24) is 29.8 Å². The van der Waals surface area contributed by atoms with E-state index in [1.807, 2.05) is 0 Å². The lowest BCUT2D eigenvalue weighted by atomic mass is 10.1. The third kappa shape index (κ3) is 10.4. The van der Waals surface area contributed by atoms with Gasteiger partial charge in [0.25, 0.3) is 0 Å². The van der Waals surface area contributed by atoms with Gasteiger partial charge in [0, 0.05) is 13.1 Å². The summed E-state index contributed by atoms with van der Waals surface area (Å²) in [4.78, 5) is 13.1. The monoisotopic (exact) mass is 426 g/mol. The molecule has 0 bridgehead atoms. The summed E-state index contributed by atoms with van der Waals surface area (Å²) in [6.07, 6.45) is 5.71. The van der Waals surface area contributed by atoms with Crippen molar-refractivity contribution in [2.45, 2.75) is 73.4 Å². The van der Waals surface area contributed by atoms with Gasteiger partial charge in [-0.15, -0.1) is 0 Å². The molecule has 1 rings (SSSR count). The van der Waals surface area contributed by atoms with E-state index in [1.165, 1.54) is 97.7 Å². The van der Waals surface area contributed by atoms with Gasteiger partial charge in [-0.05, 0) is 84.6 Å². The van der Waals surface area contributed by atoms with Crippen LogP contribution in [0.1, 0.15) is 67.2 Å². The van der Waals surface area contributed by atoms with Gasteiger partial charge in [0.05, 0.1) is 19.5 Å².